The number of benzene rings is 2. The van der Waals surface area contributed by atoms with Crippen molar-refractivity contribution in [3.05, 3.63) is 64.1 Å². The second-order valence-electron chi connectivity index (χ2n) is 8.33. The smallest absolute Gasteiger partial charge is 0.244 e. The van der Waals surface area contributed by atoms with Gasteiger partial charge in [0.1, 0.15) is 12.6 Å². The molecule has 0 saturated heterocycles. The molecule has 2 aromatic carbocycles. The molecule has 7 nitrogen and oxygen atoms in total. The summed E-state index contributed by atoms with van der Waals surface area (Å²) < 4.78 is 53.5. The highest BCUT2D eigenvalue weighted by atomic mass is 79.9. The zero-order valence-electron chi connectivity index (χ0n) is 19.4. The summed E-state index contributed by atoms with van der Waals surface area (Å²) in [6.07, 6.45) is 0.860. The highest BCUT2D eigenvalue weighted by Gasteiger charge is 2.30. The van der Waals surface area contributed by atoms with E-state index in [1.54, 1.807) is 31.2 Å². The number of amides is 2. The predicted octanol–water partition coefficient (Wildman–Crippen LogP) is 3.68. The number of nitrogens with zero attached hydrogens (tertiary/aromatic N) is 2. The van der Waals surface area contributed by atoms with Crippen molar-refractivity contribution in [2.24, 2.45) is 5.92 Å². The topological polar surface area (TPSA) is 86.8 Å². The minimum Gasteiger partial charge on any atom is -0.354 e. The van der Waals surface area contributed by atoms with Crippen LogP contribution in [0.5, 0.6) is 0 Å². The summed E-state index contributed by atoms with van der Waals surface area (Å²) in [6, 6.07) is 8.76. The summed E-state index contributed by atoms with van der Waals surface area (Å²) in [5.41, 5.74) is 0.522. The molecule has 0 heterocycles. The standard InChI is InChI=1S/C23H28BrF2N3O4S/c1-15(2)12-27-23(31)16(3)28(13-17-5-7-18(24)8-6-17)22(30)14-29(34(4,32)33)19-9-10-20(25)21(26)11-19/h5-11,15-16H,12-14H2,1-4H3,(H,27,31)/t16-/m0/s1. The fraction of sp³-hybridized carbons (Fsp3) is 0.391. The van der Waals surface area contributed by atoms with Crippen molar-refractivity contribution in [3.8, 4) is 0 Å². The van der Waals surface area contributed by atoms with E-state index in [4.69, 9.17) is 0 Å². The van der Waals surface area contributed by atoms with Crippen LogP contribution in [0.15, 0.2) is 46.9 Å². The lowest BCUT2D eigenvalue weighted by Crippen LogP contribution is -2.51. The van der Waals surface area contributed by atoms with Gasteiger partial charge in [0.25, 0.3) is 0 Å². The molecule has 0 aliphatic carbocycles. The second-order valence-corrected chi connectivity index (χ2v) is 11.2. The van der Waals surface area contributed by atoms with Crippen LogP contribution >= 0.6 is 15.9 Å². The van der Waals surface area contributed by atoms with Gasteiger partial charge in [-0.05, 0) is 42.7 Å². The quantitative estimate of drug-likeness (QED) is 0.481. The summed E-state index contributed by atoms with van der Waals surface area (Å²) in [5, 5.41) is 2.78. The van der Waals surface area contributed by atoms with Crippen LogP contribution in [0, 0.1) is 17.6 Å². The van der Waals surface area contributed by atoms with Crippen molar-refractivity contribution >= 4 is 43.5 Å². The van der Waals surface area contributed by atoms with Gasteiger partial charge in [-0.15, -0.1) is 0 Å². The highest BCUT2D eigenvalue weighted by Crippen LogP contribution is 2.22. The molecule has 0 saturated carbocycles. The van der Waals surface area contributed by atoms with Crippen LogP contribution < -0.4 is 9.62 Å². The maximum Gasteiger partial charge on any atom is 0.244 e. The molecule has 0 fully saturated rings. The Morgan fingerprint density at radius 2 is 1.65 bits per heavy atom. The Bertz CT molecular complexity index is 1130. The molecule has 2 aromatic rings. The molecule has 0 aromatic heterocycles. The molecule has 186 valence electrons. The van der Waals surface area contributed by atoms with E-state index in [1.807, 2.05) is 13.8 Å². The fourth-order valence-corrected chi connectivity index (χ4v) is 4.18. The van der Waals surface area contributed by atoms with Gasteiger partial charge in [0.05, 0.1) is 11.9 Å². The van der Waals surface area contributed by atoms with E-state index in [9.17, 15) is 26.8 Å². The lowest BCUT2D eigenvalue weighted by atomic mass is 10.1. The van der Waals surface area contributed by atoms with Crippen LogP contribution in [0.25, 0.3) is 0 Å². The van der Waals surface area contributed by atoms with Crippen molar-refractivity contribution < 1.29 is 26.8 Å². The first-order chi connectivity index (χ1) is 15.8. The second kappa shape index (κ2) is 11.7. The van der Waals surface area contributed by atoms with Crippen molar-refractivity contribution in [2.45, 2.75) is 33.4 Å². The van der Waals surface area contributed by atoms with Crippen LogP contribution in [-0.4, -0.2) is 50.5 Å². The molecular weight excluding hydrogens is 532 g/mol. The summed E-state index contributed by atoms with van der Waals surface area (Å²) in [4.78, 5) is 27.3. The average molecular weight is 560 g/mol. The molecule has 2 rings (SSSR count). The van der Waals surface area contributed by atoms with Gasteiger partial charge < -0.3 is 10.2 Å². The minimum atomic E-state index is -4.03. The van der Waals surface area contributed by atoms with Gasteiger partial charge in [0, 0.05) is 23.6 Å². The number of carbonyl (C=O) groups excluding carboxylic acids is 2. The zero-order valence-corrected chi connectivity index (χ0v) is 21.8. The molecule has 34 heavy (non-hydrogen) atoms. The summed E-state index contributed by atoms with van der Waals surface area (Å²) in [7, 11) is -4.03. The minimum absolute atomic E-state index is 0.0394. The van der Waals surface area contributed by atoms with Gasteiger partial charge >= 0.3 is 0 Å². The number of halogens is 3. The third-order valence-corrected chi connectivity index (χ3v) is 6.66. The van der Waals surface area contributed by atoms with Crippen molar-refractivity contribution in [2.75, 3.05) is 23.7 Å². The number of sulfonamides is 1. The molecule has 0 spiro atoms. The van der Waals surface area contributed by atoms with E-state index in [2.05, 4.69) is 21.2 Å². The van der Waals surface area contributed by atoms with E-state index in [-0.39, 0.29) is 18.2 Å². The van der Waals surface area contributed by atoms with E-state index in [1.165, 1.54) is 4.90 Å². The van der Waals surface area contributed by atoms with Crippen LogP contribution in [0.2, 0.25) is 0 Å². The maximum atomic E-state index is 13.8. The Kier molecular flexibility index (Phi) is 9.57. The zero-order chi connectivity index (χ0) is 25.6. The molecular formula is C23H28BrF2N3O4S. The lowest BCUT2D eigenvalue weighted by molar-refractivity contribution is -0.139. The highest BCUT2D eigenvalue weighted by molar-refractivity contribution is 9.10. The number of hydrogen-bond donors (Lipinski definition) is 1. The Morgan fingerprint density at radius 1 is 1.03 bits per heavy atom. The largest absolute Gasteiger partial charge is 0.354 e. The first kappa shape index (κ1) is 27.7. The Morgan fingerprint density at radius 3 is 2.18 bits per heavy atom. The Hall–Kier alpha value is -2.53. The van der Waals surface area contributed by atoms with Gasteiger partial charge in [0.15, 0.2) is 11.6 Å². The number of rotatable bonds is 10. The van der Waals surface area contributed by atoms with Gasteiger partial charge in [-0.3, -0.25) is 13.9 Å². The number of nitrogens with one attached hydrogen (secondary N) is 1. The molecule has 0 aliphatic rings. The van der Waals surface area contributed by atoms with Crippen molar-refractivity contribution in [1.82, 2.24) is 10.2 Å². The maximum absolute atomic E-state index is 13.8. The summed E-state index contributed by atoms with van der Waals surface area (Å²) >= 11 is 3.34. The predicted molar refractivity (Wildman–Crippen MR) is 131 cm³/mol. The van der Waals surface area contributed by atoms with Gasteiger partial charge in [-0.25, -0.2) is 17.2 Å². The first-order valence-corrected chi connectivity index (χ1v) is 13.2. The Labute approximate surface area is 207 Å². The van der Waals surface area contributed by atoms with E-state index >= 15 is 0 Å². The number of anilines is 1. The molecule has 2 amide bonds. The van der Waals surface area contributed by atoms with Crippen LogP contribution in [0.1, 0.15) is 26.3 Å². The average Bonchev–Trinajstić information content (AvgIpc) is 2.76. The SMILES string of the molecule is CC(C)CNC(=O)[C@H](C)N(Cc1ccc(Br)cc1)C(=O)CN(c1ccc(F)c(F)c1)S(C)(=O)=O. The molecule has 0 aliphatic heterocycles. The summed E-state index contributed by atoms with van der Waals surface area (Å²) in [6.45, 7) is 5.17. The van der Waals surface area contributed by atoms with Crippen LogP contribution in [0.3, 0.4) is 0 Å². The third-order valence-electron chi connectivity index (χ3n) is 4.99. The van der Waals surface area contributed by atoms with E-state index < -0.39 is 46.1 Å². The molecule has 0 unspecified atom stereocenters. The van der Waals surface area contributed by atoms with Crippen molar-refractivity contribution in [1.29, 1.82) is 0 Å². The molecule has 0 radical (unpaired) electrons. The fourth-order valence-electron chi connectivity index (χ4n) is 3.08. The van der Waals surface area contributed by atoms with E-state index in [0.717, 1.165) is 28.4 Å². The first-order valence-electron chi connectivity index (χ1n) is 10.5. The molecule has 11 heteroatoms. The molecule has 0 bridgehead atoms. The normalized spacial score (nSPS) is 12.4. The third kappa shape index (κ3) is 7.76. The van der Waals surface area contributed by atoms with Gasteiger partial charge in [-0.1, -0.05) is 41.9 Å². The number of hydrogen-bond acceptors (Lipinski definition) is 4. The monoisotopic (exact) mass is 559 g/mol. The lowest BCUT2D eigenvalue weighted by Gasteiger charge is -2.31. The van der Waals surface area contributed by atoms with Gasteiger partial charge in [0.2, 0.25) is 21.8 Å². The van der Waals surface area contributed by atoms with Crippen molar-refractivity contribution in [3.63, 3.8) is 0 Å². The molecule has 1 atom stereocenters. The van der Waals surface area contributed by atoms with Crippen LogP contribution in [-0.2, 0) is 26.2 Å². The Balaban J connectivity index is 2.37. The molecule has 1 N–H and O–H groups in total. The number of carbonyl (C=O) groups is 2. The summed E-state index contributed by atoms with van der Waals surface area (Å²) in [5.74, 6) is -3.26. The van der Waals surface area contributed by atoms with E-state index in [0.29, 0.717) is 16.9 Å². The van der Waals surface area contributed by atoms with Gasteiger partial charge in [-0.2, -0.15) is 0 Å². The van der Waals surface area contributed by atoms with Crippen LogP contribution in [0.4, 0.5) is 14.5 Å².